The van der Waals surface area contributed by atoms with E-state index in [0.717, 1.165) is 38.6 Å². The Hall–Kier alpha value is -2.20. The molecule has 0 radical (unpaired) electrons. The van der Waals surface area contributed by atoms with Crippen LogP contribution in [0.2, 0.25) is 0 Å². The van der Waals surface area contributed by atoms with E-state index in [1.165, 1.54) is 34.3 Å². The lowest BCUT2D eigenvalue weighted by atomic mass is 10.0. The zero-order chi connectivity index (χ0) is 22.9. The second-order valence-electron chi connectivity index (χ2n) is 8.47. The molecular formula is C27H41N3S. The maximum Gasteiger partial charge on any atom is 0.166 e. The molecule has 0 amide bonds. The van der Waals surface area contributed by atoms with Crippen LogP contribution in [0, 0.1) is 0 Å². The van der Waals surface area contributed by atoms with Crippen molar-refractivity contribution in [1.29, 1.82) is 0 Å². The van der Waals surface area contributed by atoms with Crippen LogP contribution < -0.4 is 10.6 Å². The van der Waals surface area contributed by atoms with E-state index in [1.54, 1.807) is 12.4 Å². The SMILES string of the molecule is CC(C)=CCC/C(C)=C/CC/C(C)=C/CC/C(C)=C/CNC(=S)NCc1ccncc1. The van der Waals surface area contributed by atoms with Crippen LogP contribution in [0.3, 0.4) is 0 Å². The predicted molar refractivity (Wildman–Crippen MR) is 140 cm³/mol. The van der Waals surface area contributed by atoms with E-state index < -0.39 is 0 Å². The van der Waals surface area contributed by atoms with Crippen molar-refractivity contribution in [3.8, 4) is 0 Å². The second-order valence-corrected chi connectivity index (χ2v) is 8.88. The largest absolute Gasteiger partial charge is 0.359 e. The maximum atomic E-state index is 5.34. The molecule has 0 spiro atoms. The third-order valence-corrected chi connectivity index (χ3v) is 5.36. The van der Waals surface area contributed by atoms with Gasteiger partial charge in [-0.3, -0.25) is 4.98 Å². The third-order valence-electron chi connectivity index (χ3n) is 5.07. The van der Waals surface area contributed by atoms with Gasteiger partial charge in [0.15, 0.2) is 5.11 Å². The minimum absolute atomic E-state index is 0.681. The molecular weight excluding hydrogens is 398 g/mol. The van der Waals surface area contributed by atoms with Gasteiger partial charge in [0.25, 0.3) is 0 Å². The van der Waals surface area contributed by atoms with Gasteiger partial charge in [-0.25, -0.2) is 0 Å². The maximum absolute atomic E-state index is 5.34. The van der Waals surface area contributed by atoms with Gasteiger partial charge in [-0.1, -0.05) is 46.6 Å². The monoisotopic (exact) mass is 439 g/mol. The molecule has 2 N–H and O–H groups in total. The quantitative estimate of drug-likeness (QED) is 0.252. The highest BCUT2D eigenvalue weighted by Crippen LogP contribution is 2.13. The summed E-state index contributed by atoms with van der Waals surface area (Å²) in [6.07, 6.45) is 19.7. The van der Waals surface area contributed by atoms with Crippen molar-refractivity contribution < 1.29 is 0 Å². The van der Waals surface area contributed by atoms with Crippen LogP contribution in [-0.2, 0) is 6.54 Å². The molecule has 0 bridgehead atoms. The molecule has 0 saturated carbocycles. The Morgan fingerprint density at radius 2 is 1.29 bits per heavy atom. The summed E-state index contributed by atoms with van der Waals surface area (Å²) < 4.78 is 0. The molecule has 170 valence electrons. The number of nitrogens with one attached hydrogen (secondary N) is 2. The van der Waals surface area contributed by atoms with Crippen LogP contribution in [0.5, 0.6) is 0 Å². The van der Waals surface area contributed by atoms with Crippen LogP contribution in [0.4, 0.5) is 0 Å². The fourth-order valence-corrected chi connectivity index (χ4v) is 3.21. The van der Waals surface area contributed by atoms with Gasteiger partial charge in [-0.2, -0.15) is 0 Å². The number of aromatic nitrogens is 1. The highest BCUT2D eigenvalue weighted by Gasteiger charge is 1.96. The fourth-order valence-electron chi connectivity index (χ4n) is 3.05. The molecule has 0 aromatic carbocycles. The van der Waals surface area contributed by atoms with Crippen molar-refractivity contribution in [2.45, 2.75) is 79.7 Å². The highest BCUT2D eigenvalue weighted by molar-refractivity contribution is 7.80. The molecule has 0 saturated heterocycles. The van der Waals surface area contributed by atoms with Crippen LogP contribution in [-0.4, -0.2) is 16.6 Å². The molecule has 0 fully saturated rings. The normalized spacial score (nSPS) is 12.5. The van der Waals surface area contributed by atoms with Crippen LogP contribution >= 0.6 is 12.2 Å². The Morgan fingerprint density at radius 3 is 1.84 bits per heavy atom. The average molecular weight is 440 g/mol. The van der Waals surface area contributed by atoms with Gasteiger partial charge in [0, 0.05) is 25.5 Å². The van der Waals surface area contributed by atoms with Crippen LogP contribution in [0.1, 0.15) is 78.7 Å². The summed E-state index contributed by atoms with van der Waals surface area (Å²) in [5.74, 6) is 0. The third kappa shape index (κ3) is 15.3. The molecule has 1 heterocycles. The van der Waals surface area contributed by atoms with Crippen LogP contribution in [0.15, 0.2) is 71.1 Å². The van der Waals surface area contributed by atoms with Gasteiger partial charge in [-0.05, 0) is 103 Å². The van der Waals surface area contributed by atoms with Crippen LogP contribution in [0.25, 0.3) is 0 Å². The first kappa shape index (κ1) is 26.8. The highest BCUT2D eigenvalue weighted by atomic mass is 32.1. The van der Waals surface area contributed by atoms with Gasteiger partial charge in [0.1, 0.15) is 0 Å². The number of pyridine rings is 1. The number of hydrogen-bond acceptors (Lipinski definition) is 2. The van der Waals surface area contributed by atoms with E-state index in [4.69, 9.17) is 12.2 Å². The number of thiocarbonyl (C=S) groups is 1. The molecule has 1 rings (SSSR count). The van der Waals surface area contributed by atoms with E-state index in [9.17, 15) is 0 Å². The molecule has 4 heteroatoms. The summed E-state index contributed by atoms with van der Waals surface area (Å²) in [7, 11) is 0. The fraction of sp³-hybridized carbons (Fsp3) is 0.481. The first-order chi connectivity index (χ1) is 14.9. The van der Waals surface area contributed by atoms with Gasteiger partial charge in [0.05, 0.1) is 0 Å². The topological polar surface area (TPSA) is 37.0 Å². The van der Waals surface area contributed by atoms with Gasteiger partial charge >= 0.3 is 0 Å². The van der Waals surface area contributed by atoms with Gasteiger partial charge in [0.2, 0.25) is 0 Å². The summed E-state index contributed by atoms with van der Waals surface area (Å²) >= 11 is 5.34. The van der Waals surface area contributed by atoms with E-state index >= 15 is 0 Å². The first-order valence-corrected chi connectivity index (χ1v) is 11.8. The average Bonchev–Trinajstić information content (AvgIpc) is 2.72. The summed E-state index contributed by atoms with van der Waals surface area (Å²) in [5, 5.41) is 7.15. The summed E-state index contributed by atoms with van der Waals surface area (Å²) in [5.41, 5.74) is 6.96. The molecule has 31 heavy (non-hydrogen) atoms. The van der Waals surface area contributed by atoms with E-state index in [0.29, 0.717) is 11.7 Å². The molecule has 0 atom stereocenters. The van der Waals surface area contributed by atoms with Crippen molar-refractivity contribution in [1.82, 2.24) is 15.6 Å². The van der Waals surface area contributed by atoms with Gasteiger partial charge < -0.3 is 10.6 Å². The lowest BCUT2D eigenvalue weighted by molar-refractivity contribution is 0.863. The first-order valence-electron chi connectivity index (χ1n) is 11.4. The Bertz CT molecular complexity index is 769. The second kappa shape index (κ2) is 16.5. The molecule has 0 unspecified atom stereocenters. The van der Waals surface area contributed by atoms with E-state index in [1.807, 2.05) is 12.1 Å². The molecule has 0 aliphatic carbocycles. The lowest BCUT2D eigenvalue weighted by Gasteiger charge is -2.09. The molecule has 0 aliphatic rings. The Morgan fingerprint density at radius 1 is 0.774 bits per heavy atom. The smallest absolute Gasteiger partial charge is 0.166 e. The van der Waals surface area contributed by atoms with Crippen molar-refractivity contribution in [3.63, 3.8) is 0 Å². The molecule has 1 aromatic rings. The Labute approximate surface area is 195 Å². The van der Waals surface area contributed by atoms with Gasteiger partial charge in [-0.15, -0.1) is 0 Å². The van der Waals surface area contributed by atoms with Crippen molar-refractivity contribution in [3.05, 3.63) is 76.7 Å². The Kier molecular flexibility index (Phi) is 14.3. The number of nitrogens with zero attached hydrogens (tertiary/aromatic N) is 1. The molecule has 1 aromatic heterocycles. The summed E-state index contributed by atoms with van der Waals surface area (Å²) in [4.78, 5) is 4.02. The van der Waals surface area contributed by atoms with Crippen molar-refractivity contribution in [2.24, 2.45) is 0 Å². The summed E-state index contributed by atoms with van der Waals surface area (Å²) in [6.45, 7) is 12.5. The van der Waals surface area contributed by atoms with Crippen molar-refractivity contribution in [2.75, 3.05) is 6.54 Å². The van der Waals surface area contributed by atoms with Crippen molar-refractivity contribution >= 4 is 17.3 Å². The molecule has 0 aliphatic heterocycles. The zero-order valence-corrected chi connectivity index (χ0v) is 20.9. The Balaban J connectivity index is 2.18. The minimum Gasteiger partial charge on any atom is -0.359 e. The summed E-state index contributed by atoms with van der Waals surface area (Å²) in [6, 6.07) is 3.97. The van der Waals surface area contributed by atoms with E-state index in [-0.39, 0.29) is 0 Å². The van der Waals surface area contributed by atoms with E-state index in [2.05, 4.69) is 74.5 Å². The predicted octanol–water partition coefficient (Wildman–Crippen LogP) is 7.19. The number of rotatable bonds is 13. The lowest BCUT2D eigenvalue weighted by Crippen LogP contribution is -2.34. The molecule has 3 nitrogen and oxygen atoms in total. The minimum atomic E-state index is 0.681. The number of hydrogen-bond donors (Lipinski definition) is 2. The standard InChI is InChI=1S/C27H41N3S/c1-22(2)9-6-10-23(3)11-7-12-24(4)13-8-14-25(5)15-20-29-27(31)30-21-26-16-18-28-19-17-26/h9,11,13,15-19H,6-8,10,12,14,20-21H2,1-5H3,(H2,29,30,31)/b23-11+,24-13+,25-15+. The zero-order valence-electron chi connectivity index (χ0n) is 20.1. The number of allylic oxidation sites excluding steroid dienone is 7.